The van der Waals surface area contributed by atoms with Gasteiger partial charge in [0.25, 0.3) is 0 Å². The molecular formula is C11H14FNO2S. The number of halogens is 1. The van der Waals surface area contributed by atoms with Crippen LogP contribution in [0.1, 0.15) is 24.3 Å². The normalized spacial score (nSPS) is 22.0. The van der Waals surface area contributed by atoms with Gasteiger partial charge in [0, 0.05) is 11.5 Å². The second-order valence-electron chi connectivity index (χ2n) is 4.06. The highest BCUT2D eigenvalue weighted by Crippen LogP contribution is 2.38. The summed E-state index contributed by atoms with van der Waals surface area (Å²) in [4.78, 5) is 0.162. The summed E-state index contributed by atoms with van der Waals surface area (Å²) in [7, 11) is -3.29. The molecule has 1 unspecified atom stereocenters. The van der Waals surface area contributed by atoms with E-state index >= 15 is 0 Å². The topological polar surface area (TPSA) is 60.2 Å². The summed E-state index contributed by atoms with van der Waals surface area (Å²) >= 11 is 0. The van der Waals surface area contributed by atoms with E-state index < -0.39 is 15.7 Å². The van der Waals surface area contributed by atoms with Gasteiger partial charge in [0.2, 0.25) is 0 Å². The van der Waals surface area contributed by atoms with E-state index in [1.807, 2.05) is 0 Å². The number of sulfone groups is 1. The Bertz CT molecular complexity index is 499. The third-order valence-corrected chi connectivity index (χ3v) is 4.80. The van der Waals surface area contributed by atoms with Gasteiger partial charge in [0.1, 0.15) is 5.82 Å². The summed E-state index contributed by atoms with van der Waals surface area (Å²) in [6.07, 6.45) is 1.34. The van der Waals surface area contributed by atoms with Gasteiger partial charge in [-0.05, 0) is 31.5 Å². The van der Waals surface area contributed by atoms with Crippen LogP contribution in [0.25, 0.3) is 0 Å². The molecule has 0 spiro atoms. The van der Waals surface area contributed by atoms with Gasteiger partial charge in [-0.2, -0.15) is 0 Å². The van der Waals surface area contributed by atoms with Crippen LogP contribution in [0.4, 0.5) is 4.39 Å². The number of hydrogen-bond acceptors (Lipinski definition) is 3. The number of fused-ring (bicyclic) bond motifs is 1. The van der Waals surface area contributed by atoms with Crippen LogP contribution in [0.2, 0.25) is 0 Å². The molecule has 0 saturated carbocycles. The van der Waals surface area contributed by atoms with Crippen molar-refractivity contribution in [2.75, 3.05) is 12.3 Å². The molecule has 0 aliphatic carbocycles. The molecule has 5 heteroatoms. The molecule has 3 nitrogen and oxygen atoms in total. The molecule has 1 atom stereocenters. The van der Waals surface area contributed by atoms with Crippen LogP contribution < -0.4 is 5.73 Å². The van der Waals surface area contributed by atoms with Gasteiger partial charge >= 0.3 is 0 Å². The van der Waals surface area contributed by atoms with Gasteiger partial charge in [0.15, 0.2) is 9.84 Å². The van der Waals surface area contributed by atoms with E-state index in [1.54, 1.807) is 0 Å². The largest absolute Gasteiger partial charge is 0.330 e. The van der Waals surface area contributed by atoms with Crippen LogP contribution in [0.3, 0.4) is 0 Å². The van der Waals surface area contributed by atoms with E-state index in [-0.39, 0.29) is 16.6 Å². The number of nitrogens with two attached hydrogens (primary N) is 1. The van der Waals surface area contributed by atoms with Crippen molar-refractivity contribution in [3.8, 4) is 0 Å². The zero-order valence-electron chi connectivity index (χ0n) is 8.82. The summed E-state index contributed by atoms with van der Waals surface area (Å²) in [5.41, 5.74) is 5.75. The first-order chi connectivity index (χ1) is 7.56. The molecule has 0 aromatic heterocycles. The van der Waals surface area contributed by atoms with Crippen molar-refractivity contribution in [2.24, 2.45) is 5.73 Å². The average molecular weight is 243 g/mol. The van der Waals surface area contributed by atoms with Crippen molar-refractivity contribution in [3.63, 3.8) is 0 Å². The summed E-state index contributed by atoms with van der Waals surface area (Å²) in [5.74, 6) is -0.631. The minimum Gasteiger partial charge on any atom is -0.330 e. The second-order valence-corrected chi connectivity index (χ2v) is 6.06. The summed E-state index contributed by atoms with van der Waals surface area (Å²) in [6.45, 7) is 0.500. The molecule has 2 rings (SSSR count). The minimum absolute atomic E-state index is 0.0171. The van der Waals surface area contributed by atoms with Gasteiger partial charge in [0.05, 0.1) is 10.6 Å². The molecular weight excluding hydrogens is 229 g/mol. The van der Waals surface area contributed by atoms with E-state index in [4.69, 9.17) is 5.73 Å². The standard InChI is InChI=1S/C11H14FNO2S/c12-9-4-1-5-10-11(9)8(3-2-6-13)7-16(10,14)15/h1,4-5,8H,2-3,6-7,13H2. The highest BCUT2D eigenvalue weighted by atomic mass is 32.2. The molecule has 2 N–H and O–H groups in total. The molecule has 0 fully saturated rings. The molecule has 0 amide bonds. The third kappa shape index (κ3) is 1.85. The molecule has 1 aromatic carbocycles. The molecule has 0 radical (unpaired) electrons. The summed E-state index contributed by atoms with van der Waals surface area (Å²) in [5, 5.41) is 0. The summed E-state index contributed by atoms with van der Waals surface area (Å²) in [6, 6.07) is 4.24. The Morgan fingerprint density at radius 3 is 2.88 bits per heavy atom. The monoisotopic (exact) mass is 243 g/mol. The van der Waals surface area contributed by atoms with Crippen molar-refractivity contribution < 1.29 is 12.8 Å². The van der Waals surface area contributed by atoms with Gasteiger partial charge < -0.3 is 5.73 Å². The van der Waals surface area contributed by atoms with E-state index in [2.05, 4.69) is 0 Å². The van der Waals surface area contributed by atoms with Crippen molar-refractivity contribution in [3.05, 3.63) is 29.6 Å². The molecule has 1 aliphatic heterocycles. The van der Waals surface area contributed by atoms with Gasteiger partial charge in [-0.1, -0.05) is 6.07 Å². The number of hydrogen-bond donors (Lipinski definition) is 1. The predicted octanol–water partition coefficient (Wildman–Crippen LogP) is 1.44. The second kappa shape index (κ2) is 4.14. The molecule has 1 aliphatic rings. The quantitative estimate of drug-likeness (QED) is 0.873. The van der Waals surface area contributed by atoms with Crippen LogP contribution in [0.15, 0.2) is 23.1 Å². The Kier molecular flexibility index (Phi) is 2.99. The molecule has 1 heterocycles. The van der Waals surface area contributed by atoms with Crippen molar-refractivity contribution >= 4 is 9.84 Å². The molecule has 88 valence electrons. The fourth-order valence-corrected chi connectivity index (χ4v) is 4.14. The fraction of sp³-hybridized carbons (Fsp3) is 0.455. The zero-order valence-corrected chi connectivity index (χ0v) is 9.63. The van der Waals surface area contributed by atoms with Crippen LogP contribution >= 0.6 is 0 Å². The molecule has 0 bridgehead atoms. The first-order valence-corrected chi connectivity index (χ1v) is 6.92. The average Bonchev–Trinajstić information content (AvgIpc) is 2.49. The first kappa shape index (κ1) is 11.5. The Hall–Kier alpha value is -0.940. The van der Waals surface area contributed by atoms with Crippen molar-refractivity contribution in [2.45, 2.75) is 23.7 Å². The van der Waals surface area contributed by atoms with E-state index in [0.717, 1.165) is 0 Å². The highest BCUT2D eigenvalue weighted by molar-refractivity contribution is 7.91. The Morgan fingerprint density at radius 2 is 2.19 bits per heavy atom. The van der Waals surface area contributed by atoms with Crippen LogP contribution in [-0.2, 0) is 9.84 Å². The smallest absolute Gasteiger partial charge is 0.179 e. The Balaban J connectivity index is 2.44. The maximum Gasteiger partial charge on any atom is 0.179 e. The van der Waals surface area contributed by atoms with E-state index in [9.17, 15) is 12.8 Å². The van der Waals surface area contributed by atoms with Gasteiger partial charge in [-0.25, -0.2) is 12.8 Å². The van der Waals surface area contributed by atoms with E-state index in [0.29, 0.717) is 24.9 Å². The maximum absolute atomic E-state index is 13.6. The highest BCUT2D eigenvalue weighted by Gasteiger charge is 2.36. The lowest BCUT2D eigenvalue weighted by Gasteiger charge is -2.09. The van der Waals surface area contributed by atoms with Crippen molar-refractivity contribution in [1.82, 2.24) is 0 Å². The summed E-state index contributed by atoms with van der Waals surface area (Å²) < 4.78 is 37.2. The lowest BCUT2D eigenvalue weighted by Crippen LogP contribution is -2.07. The Labute approximate surface area is 94.4 Å². The maximum atomic E-state index is 13.6. The molecule has 1 aromatic rings. The zero-order chi connectivity index (χ0) is 11.8. The molecule has 0 saturated heterocycles. The predicted molar refractivity (Wildman–Crippen MR) is 59.5 cm³/mol. The van der Waals surface area contributed by atoms with Crippen LogP contribution in [0, 0.1) is 5.82 Å². The first-order valence-electron chi connectivity index (χ1n) is 5.27. The number of rotatable bonds is 3. The van der Waals surface area contributed by atoms with Crippen molar-refractivity contribution in [1.29, 1.82) is 0 Å². The lowest BCUT2D eigenvalue weighted by atomic mass is 9.96. The molecule has 16 heavy (non-hydrogen) atoms. The number of benzene rings is 1. The van der Waals surface area contributed by atoms with Gasteiger partial charge in [-0.3, -0.25) is 0 Å². The van der Waals surface area contributed by atoms with Crippen LogP contribution in [-0.4, -0.2) is 20.7 Å². The van der Waals surface area contributed by atoms with Gasteiger partial charge in [-0.15, -0.1) is 0 Å². The SMILES string of the molecule is NCCCC1CS(=O)(=O)c2cccc(F)c21. The third-order valence-electron chi connectivity index (χ3n) is 2.93. The lowest BCUT2D eigenvalue weighted by molar-refractivity contribution is 0.564. The van der Waals surface area contributed by atoms with E-state index in [1.165, 1.54) is 18.2 Å². The Morgan fingerprint density at radius 1 is 1.44 bits per heavy atom. The van der Waals surface area contributed by atoms with Crippen LogP contribution in [0.5, 0.6) is 0 Å². The minimum atomic E-state index is -3.29. The fourth-order valence-electron chi connectivity index (χ4n) is 2.21.